The molecule has 5 rings (SSSR count). The number of hydrogen-bond donors (Lipinski definition) is 1. The van der Waals surface area contributed by atoms with E-state index in [2.05, 4.69) is 22.1 Å². The number of aromatic nitrogens is 1. The molecule has 1 aromatic carbocycles. The van der Waals surface area contributed by atoms with Gasteiger partial charge in [0.2, 0.25) is 0 Å². The summed E-state index contributed by atoms with van der Waals surface area (Å²) < 4.78 is 0. The number of hydrogen-bond acceptors (Lipinski definition) is 4. The Morgan fingerprint density at radius 2 is 1.92 bits per heavy atom. The van der Waals surface area contributed by atoms with Gasteiger partial charge in [0.25, 0.3) is 5.91 Å². The summed E-state index contributed by atoms with van der Waals surface area (Å²) in [6, 6.07) is 13.9. The molecule has 1 aromatic heterocycles. The van der Waals surface area contributed by atoms with E-state index in [-0.39, 0.29) is 11.9 Å². The van der Waals surface area contributed by atoms with E-state index in [1.807, 2.05) is 36.4 Å². The maximum atomic E-state index is 12.7. The van der Waals surface area contributed by atoms with Crippen molar-refractivity contribution in [3.05, 3.63) is 53.2 Å². The normalized spacial score (nSPS) is 27.3. The zero-order valence-corrected chi connectivity index (χ0v) is 16.3. The second kappa shape index (κ2) is 7.59. The molecule has 26 heavy (non-hydrogen) atoms. The summed E-state index contributed by atoms with van der Waals surface area (Å²) in [7, 11) is 0. The molecule has 2 unspecified atom stereocenters. The lowest BCUT2D eigenvalue weighted by Gasteiger charge is -2.49. The highest BCUT2D eigenvalue weighted by atomic mass is 35.5. The second-order valence-electron chi connectivity index (χ2n) is 7.04. The van der Waals surface area contributed by atoms with Crippen LogP contribution in [0.2, 0.25) is 5.15 Å². The van der Waals surface area contributed by atoms with Crippen molar-refractivity contribution in [1.29, 1.82) is 0 Å². The predicted molar refractivity (Wildman–Crippen MR) is 105 cm³/mol. The minimum atomic E-state index is 0.0213. The van der Waals surface area contributed by atoms with E-state index in [4.69, 9.17) is 11.6 Å². The van der Waals surface area contributed by atoms with Gasteiger partial charge in [-0.3, -0.25) is 9.69 Å². The third-order valence-corrected chi connectivity index (χ3v) is 6.66. The van der Waals surface area contributed by atoms with Gasteiger partial charge in [0, 0.05) is 22.5 Å². The summed E-state index contributed by atoms with van der Waals surface area (Å²) in [6.45, 7) is 4.57. The van der Waals surface area contributed by atoms with Crippen molar-refractivity contribution in [2.75, 3.05) is 13.1 Å². The molecule has 1 N–H and O–H groups in total. The molecule has 1 amide bonds. The Labute approximate surface area is 163 Å². The lowest BCUT2D eigenvalue weighted by molar-refractivity contribution is 0.0217. The number of carbonyl (C=O) groups excluding carboxylic acids is 1. The zero-order valence-electron chi connectivity index (χ0n) is 14.7. The maximum absolute atomic E-state index is 12.7. The largest absolute Gasteiger partial charge is 0.347 e. The molecular weight excluding hydrogens is 366 g/mol. The molecule has 4 nitrogen and oxygen atoms in total. The van der Waals surface area contributed by atoms with E-state index < -0.39 is 0 Å². The Morgan fingerprint density at radius 3 is 2.58 bits per heavy atom. The molecule has 6 heteroatoms. The lowest BCUT2D eigenvalue weighted by atomic mass is 9.79. The fourth-order valence-electron chi connectivity index (χ4n) is 4.02. The van der Waals surface area contributed by atoms with Crippen LogP contribution in [0.25, 0.3) is 0 Å². The third kappa shape index (κ3) is 3.75. The van der Waals surface area contributed by atoms with Gasteiger partial charge in [-0.15, -0.1) is 0 Å². The number of fused-ring (bicyclic) bond motifs is 3. The summed E-state index contributed by atoms with van der Waals surface area (Å²) in [5.41, 5.74) is 0.706. The standard InChI is InChI=1S/C20H22ClN3OS/c1-13-19(14-9-11-24(13)12-10-14)23-20(25)15-5-7-16(8-6-15)26-18-4-2-3-17(21)22-18/h2-8,13-14,19H,9-12H2,1H3,(H,23,25). The van der Waals surface area contributed by atoms with Crippen LogP contribution in [-0.4, -0.2) is 41.0 Å². The summed E-state index contributed by atoms with van der Waals surface area (Å²) in [5, 5.41) is 4.60. The SMILES string of the molecule is CC1C(NC(=O)c2ccc(Sc3cccc(Cl)n3)cc2)C2CCN1CC2. The van der Waals surface area contributed by atoms with Crippen LogP contribution < -0.4 is 5.32 Å². The van der Waals surface area contributed by atoms with E-state index in [1.54, 1.807) is 6.07 Å². The first-order chi connectivity index (χ1) is 12.6. The Morgan fingerprint density at radius 1 is 1.19 bits per heavy atom. The summed E-state index contributed by atoms with van der Waals surface area (Å²) in [5.74, 6) is 0.635. The molecule has 3 aliphatic rings. The highest BCUT2D eigenvalue weighted by Crippen LogP contribution is 2.32. The smallest absolute Gasteiger partial charge is 0.251 e. The van der Waals surface area contributed by atoms with Crippen LogP contribution in [0.15, 0.2) is 52.4 Å². The topological polar surface area (TPSA) is 45.2 Å². The number of halogens is 1. The van der Waals surface area contributed by atoms with Crippen LogP contribution in [0.3, 0.4) is 0 Å². The van der Waals surface area contributed by atoms with Crippen LogP contribution in [0.1, 0.15) is 30.1 Å². The molecule has 4 heterocycles. The van der Waals surface area contributed by atoms with Crippen molar-refractivity contribution >= 4 is 29.3 Å². The monoisotopic (exact) mass is 387 g/mol. The number of pyridine rings is 1. The van der Waals surface area contributed by atoms with E-state index in [0.29, 0.717) is 22.7 Å². The molecule has 2 aromatic rings. The summed E-state index contributed by atoms with van der Waals surface area (Å²) in [6.07, 6.45) is 2.38. The molecule has 0 saturated carbocycles. The van der Waals surface area contributed by atoms with Crippen LogP contribution in [0.4, 0.5) is 0 Å². The van der Waals surface area contributed by atoms with Gasteiger partial charge in [-0.05, 0) is 75.2 Å². The van der Waals surface area contributed by atoms with E-state index >= 15 is 0 Å². The van der Waals surface area contributed by atoms with Crippen LogP contribution in [-0.2, 0) is 0 Å². The van der Waals surface area contributed by atoms with Crippen LogP contribution >= 0.6 is 23.4 Å². The van der Waals surface area contributed by atoms with E-state index in [9.17, 15) is 4.79 Å². The molecule has 0 aliphatic carbocycles. The van der Waals surface area contributed by atoms with Crippen molar-refractivity contribution in [2.24, 2.45) is 5.92 Å². The molecule has 3 aliphatic heterocycles. The van der Waals surface area contributed by atoms with Gasteiger partial charge in [-0.2, -0.15) is 0 Å². The lowest BCUT2D eigenvalue weighted by Crippen LogP contribution is -2.62. The molecule has 0 radical (unpaired) electrons. The van der Waals surface area contributed by atoms with Crippen molar-refractivity contribution in [1.82, 2.24) is 15.2 Å². The number of rotatable bonds is 4. The number of nitrogens with zero attached hydrogens (tertiary/aromatic N) is 2. The fourth-order valence-corrected chi connectivity index (χ4v) is 5.04. The number of nitrogens with one attached hydrogen (secondary N) is 1. The third-order valence-electron chi connectivity index (χ3n) is 5.50. The molecule has 0 spiro atoms. The molecule has 2 bridgehead atoms. The van der Waals surface area contributed by atoms with Gasteiger partial charge in [-0.25, -0.2) is 4.98 Å². The van der Waals surface area contributed by atoms with E-state index in [0.717, 1.165) is 9.92 Å². The van der Waals surface area contributed by atoms with Gasteiger partial charge in [0.1, 0.15) is 10.2 Å². The van der Waals surface area contributed by atoms with Crippen molar-refractivity contribution in [3.8, 4) is 0 Å². The van der Waals surface area contributed by atoms with Gasteiger partial charge in [-0.1, -0.05) is 29.4 Å². The van der Waals surface area contributed by atoms with Crippen LogP contribution in [0, 0.1) is 5.92 Å². The van der Waals surface area contributed by atoms with Gasteiger partial charge >= 0.3 is 0 Å². The summed E-state index contributed by atoms with van der Waals surface area (Å²) >= 11 is 7.46. The quantitative estimate of drug-likeness (QED) is 0.802. The fraction of sp³-hybridized carbons (Fsp3) is 0.400. The molecule has 136 valence electrons. The van der Waals surface area contributed by atoms with Gasteiger partial charge in [0.15, 0.2) is 0 Å². The Balaban J connectivity index is 1.41. The second-order valence-corrected chi connectivity index (χ2v) is 8.52. The average molecular weight is 388 g/mol. The number of piperidine rings is 3. The van der Waals surface area contributed by atoms with E-state index in [1.165, 1.54) is 37.7 Å². The molecular formula is C20H22ClN3OS. The first-order valence-electron chi connectivity index (χ1n) is 9.05. The first-order valence-corrected chi connectivity index (χ1v) is 10.2. The average Bonchev–Trinajstić information content (AvgIpc) is 2.65. The molecule has 3 fully saturated rings. The van der Waals surface area contributed by atoms with Crippen molar-refractivity contribution < 1.29 is 4.79 Å². The Hall–Kier alpha value is -1.56. The zero-order chi connectivity index (χ0) is 18.1. The maximum Gasteiger partial charge on any atom is 0.251 e. The minimum Gasteiger partial charge on any atom is -0.347 e. The van der Waals surface area contributed by atoms with Crippen LogP contribution in [0.5, 0.6) is 0 Å². The van der Waals surface area contributed by atoms with Gasteiger partial charge in [0.05, 0.1) is 0 Å². The minimum absolute atomic E-state index is 0.0213. The highest BCUT2D eigenvalue weighted by molar-refractivity contribution is 7.99. The number of benzene rings is 1. The van der Waals surface area contributed by atoms with Gasteiger partial charge < -0.3 is 5.32 Å². The van der Waals surface area contributed by atoms with Crippen molar-refractivity contribution in [3.63, 3.8) is 0 Å². The predicted octanol–water partition coefficient (Wildman–Crippen LogP) is 4.10. The summed E-state index contributed by atoms with van der Waals surface area (Å²) in [4.78, 5) is 20.5. The molecule has 3 saturated heterocycles. The number of carbonyl (C=O) groups is 1. The first kappa shape index (κ1) is 17.8. The number of amides is 1. The Bertz CT molecular complexity index is 788. The Kier molecular flexibility index (Phi) is 5.20. The van der Waals surface area contributed by atoms with Crippen molar-refractivity contribution in [2.45, 2.75) is 41.8 Å². The molecule has 2 atom stereocenters. The highest BCUT2D eigenvalue weighted by Gasteiger charge is 2.40.